The highest BCUT2D eigenvalue weighted by Gasteiger charge is 2.14. The Morgan fingerprint density at radius 2 is 2.17 bits per heavy atom. The van der Waals surface area contributed by atoms with Gasteiger partial charge in [0.25, 0.3) is 0 Å². The maximum Gasteiger partial charge on any atom is 0.305 e. The summed E-state index contributed by atoms with van der Waals surface area (Å²) in [5.74, 6) is 0.620. The molecule has 0 aromatic carbocycles. The van der Waals surface area contributed by atoms with Gasteiger partial charge < -0.3 is 24.8 Å². The van der Waals surface area contributed by atoms with Crippen molar-refractivity contribution in [2.24, 2.45) is 4.99 Å². The molecule has 0 aromatic heterocycles. The minimum atomic E-state index is -0.158. The quantitative estimate of drug-likeness (QED) is 0.242. The highest BCUT2D eigenvalue weighted by molar-refractivity contribution is 5.79. The number of aliphatic imine (C=N–C) groups is 1. The smallest absolute Gasteiger partial charge is 0.305 e. The Morgan fingerprint density at radius 3 is 2.88 bits per heavy atom. The Balaban J connectivity index is 2.06. The molecule has 7 nitrogen and oxygen atoms in total. The number of esters is 1. The van der Waals surface area contributed by atoms with Gasteiger partial charge in [-0.3, -0.25) is 9.79 Å². The third-order valence-corrected chi connectivity index (χ3v) is 3.54. The molecule has 0 spiro atoms. The van der Waals surface area contributed by atoms with Crippen molar-refractivity contribution in [1.82, 2.24) is 10.6 Å². The number of carbonyl (C=O) groups excluding carboxylic acids is 1. The summed E-state index contributed by atoms with van der Waals surface area (Å²) >= 11 is 0. The topological polar surface area (TPSA) is 81.2 Å². The van der Waals surface area contributed by atoms with Crippen molar-refractivity contribution in [3.8, 4) is 0 Å². The number of ether oxygens (including phenoxy) is 3. The van der Waals surface area contributed by atoms with E-state index in [-0.39, 0.29) is 12.1 Å². The lowest BCUT2D eigenvalue weighted by Gasteiger charge is -2.12. The van der Waals surface area contributed by atoms with Gasteiger partial charge in [0.15, 0.2) is 5.96 Å². The van der Waals surface area contributed by atoms with Crippen molar-refractivity contribution in [3.05, 3.63) is 0 Å². The summed E-state index contributed by atoms with van der Waals surface area (Å²) in [6.45, 7) is 8.76. The van der Waals surface area contributed by atoms with Crippen molar-refractivity contribution in [2.45, 2.75) is 52.1 Å². The molecule has 24 heavy (non-hydrogen) atoms. The summed E-state index contributed by atoms with van der Waals surface area (Å²) in [6.07, 6.45) is 4.57. The number of hydrogen-bond donors (Lipinski definition) is 2. The molecular formula is C17H33N3O4. The summed E-state index contributed by atoms with van der Waals surface area (Å²) < 4.78 is 16.0. The van der Waals surface area contributed by atoms with Gasteiger partial charge in [-0.15, -0.1) is 0 Å². The van der Waals surface area contributed by atoms with Gasteiger partial charge in [-0.1, -0.05) is 0 Å². The normalized spacial score (nSPS) is 17.8. The number of nitrogens with one attached hydrogen (secondary N) is 2. The minimum Gasteiger partial charge on any atom is -0.466 e. The van der Waals surface area contributed by atoms with Gasteiger partial charge in [0, 0.05) is 39.3 Å². The molecular weight excluding hydrogens is 310 g/mol. The van der Waals surface area contributed by atoms with E-state index in [1.54, 1.807) is 0 Å². The Kier molecular flexibility index (Phi) is 12.1. The van der Waals surface area contributed by atoms with Crippen LogP contribution in [0, 0.1) is 0 Å². The Hall–Kier alpha value is -1.34. The van der Waals surface area contributed by atoms with E-state index >= 15 is 0 Å². The molecule has 1 heterocycles. The molecule has 1 rings (SSSR count). The van der Waals surface area contributed by atoms with E-state index in [0.717, 1.165) is 51.5 Å². The molecule has 1 aliphatic heterocycles. The summed E-state index contributed by atoms with van der Waals surface area (Å²) in [4.78, 5) is 15.7. The van der Waals surface area contributed by atoms with E-state index in [1.165, 1.54) is 0 Å². The minimum absolute atomic E-state index is 0.158. The van der Waals surface area contributed by atoms with E-state index < -0.39 is 0 Å². The number of guanidine groups is 1. The Morgan fingerprint density at radius 1 is 1.29 bits per heavy atom. The largest absolute Gasteiger partial charge is 0.466 e. The molecule has 7 heteroatoms. The fourth-order valence-electron chi connectivity index (χ4n) is 2.36. The number of rotatable bonds is 12. The summed E-state index contributed by atoms with van der Waals surface area (Å²) in [6, 6.07) is 0. The van der Waals surface area contributed by atoms with Crippen LogP contribution in [0.25, 0.3) is 0 Å². The SMILES string of the molecule is CCNC(=NCCCC(=O)OCC)NCCCOCC1CCCO1. The van der Waals surface area contributed by atoms with Crippen LogP contribution in [-0.2, 0) is 19.0 Å². The summed E-state index contributed by atoms with van der Waals surface area (Å²) in [7, 11) is 0. The third-order valence-electron chi connectivity index (χ3n) is 3.54. The Bertz CT molecular complexity index is 358. The molecule has 1 saturated heterocycles. The molecule has 0 radical (unpaired) electrons. The van der Waals surface area contributed by atoms with Gasteiger partial charge in [-0.25, -0.2) is 0 Å². The van der Waals surface area contributed by atoms with Crippen molar-refractivity contribution in [2.75, 3.05) is 46.1 Å². The van der Waals surface area contributed by atoms with Crippen LogP contribution < -0.4 is 10.6 Å². The lowest BCUT2D eigenvalue weighted by atomic mass is 10.2. The molecule has 140 valence electrons. The van der Waals surface area contributed by atoms with Gasteiger partial charge >= 0.3 is 5.97 Å². The standard InChI is InChI=1S/C17H33N3O4/c1-3-18-17(19-10-5-9-16(21)23-4-2)20-11-7-12-22-14-15-8-6-13-24-15/h15H,3-14H2,1-2H3,(H2,18,19,20). The third kappa shape index (κ3) is 10.4. The van der Waals surface area contributed by atoms with Gasteiger partial charge in [-0.2, -0.15) is 0 Å². The van der Waals surface area contributed by atoms with E-state index in [9.17, 15) is 4.79 Å². The summed E-state index contributed by atoms with van der Waals surface area (Å²) in [5, 5.41) is 6.47. The molecule has 0 aliphatic carbocycles. The molecule has 1 atom stereocenters. The van der Waals surface area contributed by atoms with Crippen molar-refractivity contribution < 1.29 is 19.0 Å². The molecule has 0 bridgehead atoms. The van der Waals surface area contributed by atoms with Crippen LogP contribution >= 0.6 is 0 Å². The highest BCUT2D eigenvalue weighted by atomic mass is 16.5. The van der Waals surface area contributed by atoms with E-state index in [0.29, 0.717) is 32.6 Å². The Labute approximate surface area is 145 Å². The highest BCUT2D eigenvalue weighted by Crippen LogP contribution is 2.11. The van der Waals surface area contributed by atoms with Crippen molar-refractivity contribution in [1.29, 1.82) is 0 Å². The fraction of sp³-hybridized carbons (Fsp3) is 0.882. The van der Waals surface area contributed by atoms with Crippen molar-refractivity contribution in [3.63, 3.8) is 0 Å². The van der Waals surface area contributed by atoms with Crippen LogP contribution in [-0.4, -0.2) is 64.1 Å². The molecule has 1 aliphatic rings. The summed E-state index contributed by atoms with van der Waals surface area (Å²) in [5.41, 5.74) is 0. The average Bonchev–Trinajstić information content (AvgIpc) is 3.08. The zero-order valence-corrected chi connectivity index (χ0v) is 15.1. The van der Waals surface area contributed by atoms with E-state index in [1.807, 2.05) is 13.8 Å². The molecule has 1 unspecified atom stereocenters. The zero-order chi connectivity index (χ0) is 17.5. The molecule has 1 fully saturated rings. The average molecular weight is 343 g/mol. The van der Waals surface area contributed by atoms with Crippen LogP contribution in [0.15, 0.2) is 4.99 Å². The first-order chi connectivity index (χ1) is 11.8. The first-order valence-electron chi connectivity index (χ1n) is 9.13. The molecule has 0 aromatic rings. The predicted octanol–water partition coefficient (Wildman–Crippen LogP) is 1.47. The molecule has 0 amide bonds. The maximum absolute atomic E-state index is 11.3. The predicted molar refractivity (Wildman–Crippen MR) is 94.3 cm³/mol. The van der Waals surface area contributed by atoms with Gasteiger partial charge in [0.05, 0.1) is 19.3 Å². The van der Waals surface area contributed by atoms with E-state index in [4.69, 9.17) is 14.2 Å². The molecule has 0 saturated carbocycles. The van der Waals surface area contributed by atoms with E-state index in [2.05, 4.69) is 15.6 Å². The maximum atomic E-state index is 11.3. The lowest BCUT2D eigenvalue weighted by molar-refractivity contribution is -0.143. The van der Waals surface area contributed by atoms with Crippen LogP contribution in [0.4, 0.5) is 0 Å². The second-order valence-electron chi connectivity index (χ2n) is 5.66. The monoisotopic (exact) mass is 343 g/mol. The second-order valence-corrected chi connectivity index (χ2v) is 5.66. The van der Waals surface area contributed by atoms with Gasteiger partial charge in [0.2, 0.25) is 0 Å². The van der Waals surface area contributed by atoms with Crippen LogP contribution in [0.1, 0.15) is 46.0 Å². The van der Waals surface area contributed by atoms with Gasteiger partial charge in [0.1, 0.15) is 0 Å². The number of hydrogen-bond acceptors (Lipinski definition) is 5. The number of nitrogens with zero attached hydrogens (tertiary/aromatic N) is 1. The van der Waals surface area contributed by atoms with Crippen molar-refractivity contribution >= 4 is 11.9 Å². The molecule has 2 N–H and O–H groups in total. The zero-order valence-electron chi connectivity index (χ0n) is 15.1. The van der Waals surface area contributed by atoms with Crippen LogP contribution in [0.2, 0.25) is 0 Å². The fourth-order valence-corrected chi connectivity index (χ4v) is 2.36. The number of carbonyl (C=O) groups is 1. The second kappa shape index (κ2) is 14.0. The van der Waals surface area contributed by atoms with Crippen LogP contribution in [0.5, 0.6) is 0 Å². The lowest BCUT2D eigenvalue weighted by Crippen LogP contribution is -2.38. The van der Waals surface area contributed by atoms with Crippen LogP contribution in [0.3, 0.4) is 0 Å². The first-order valence-corrected chi connectivity index (χ1v) is 9.13. The van der Waals surface area contributed by atoms with Gasteiger partial charge in [-0.05, 0) is 39.5 Å². The first kappa shape index (κ1) is 20.7.